The van der Waals surface area contributed by atoms with E-state index in [2.05, 4.69) is 17.2 Å². The van der Waals surface area contributed by atoms with Crippen LogP contribution in [0.5, 0.6) is 0 Å². The molecule has 0 aliphatic heterocycles. The summed E-state index contributed by atoms with van der Waals surface area (Å²) in [6.07, 6.45) is 3.56. The molecule has 0 fully saturated rings. The average molecular weight is 289 g/mol. The van der Waals surface area contributed by atoms with Crippen molar-refractivity contribution in [1.82, 2.24) is 4.98 Å². The van der Waals surface area contributed by atoms with Crippen LogP contribution in [-0.2, 0) is 4.79 Å². The number of nitrogens with one attached hydrogen (secondary N) is 1. The lowest BCUT2D eigenvalue weighted by Gasteiger charge is -2.14. The molecular formula is C15H19N3OS. The molecule has 2 aromatic rings. The summed E-state index contributed by atoms with van der Waals surface area (Å²) in [6.45, 7) is 2.44. The van der Waals surface area contributed by atoms with Gasteiger partial charge in [-0.3, -0.25) is 4.79 Å². The number of amides is 1. The molecular weight excluding hydrogens is 270 g/mol. The van der Waals surface area contributed by atoms with Gasteiger partial charge in [-0.05, 0) is 30.7 Å². The van der Waals surface area contributed by atoms with Gasteiger partial charge >= 0.3 is 0 Å². The maximum atomic E-state index is 12.0. The Morgan fingerprint density at radius 3 is 2.70 bits per heavy atom. The molecule has 4 nitrogen and oxygen atoms in total. The summed E-state index contributed by atoms with van der Waals surface area (Å²) < 4.78 is 0. The highest BCUT2D eigenvalue weighted by molar-refractivity contribution is 7.13. The number of carbonyl (C=O) groups excluding carboxylic acids is 1. The molecule has 1 heterocycles. The number of hydrogen-bond donors (Lipinski definition) is 2. The summed E-state index contributed by atoms with van der Waals surface area (Å²) in [6, 6.07) is 7.72. The second kappa shape index (κ2) is 7.17. The zero-order valence-electron chi connectivity index (χ0n) is 11.5. The van der Waals surface area contributed by atoms with Crippen LogP contribution in [0.4, 0.5) is 5.69 Å². The second-order valence-electron chi connectivity index (χ2n) is 4.63. The molecule has 1 aromatic carbocycles. The predicted octanol–water partition coefficient (Wildman–Crippen LogP) is 3.12. The average Bonchev–Trinajstić information content (AvgIpc) is 2.99. The van der Waals surface area contributed by atoms with Crippen LogP contribution in [0.3, 0.4) is 0 Å². The third kappa shape index (κ3) is 3.65. The van der Waals surface area contributed by atoms with Gasteiger partial charge in [0.15, 0.2) is 0 Å². The molecule has 0 bridgehead atoms. The first kappa shape index (κ1) is 14.7. The topological polar surface area (TPSA) is 68.0 Å². The van der Waals surface area contributed by atoms with Gasteiger partial charge in [-0.2, -0.15) is 0 Å². The van der Waals surface area contributed by atoms with Gasteiger partial charge in [0.05, 0.1) is 5.92 Å². The Morgan fingerprint density at radius 2 is 2.15 bits per heavy atom. The van der Waals surface area contributed by atoms with Gasteiger partial charge in [0.2, 0.25) is 5.91 Å². The Kier molecular flexibility index (Phi) is 5.26. The van der Waals surface area contributed by atoms with Crippen LogP contribution < -0.4 is 11.1 Å². The van der Waals surface area contributed by atoms with Crippen molar-refractivity contribution in [3.8, 4) is 10.6 Å². The largest absolute Gasteiger partial charge is 0.330 e. The number of aromatic nitrogens is 1. The van der Waals surface area contributed by atoms with E-state index in [0.29, 0.717) is 6.54 Å². The van der Waals surface area contributed by atoms with E-state index < -0.39 is 0 Å². The Morgan fingerprint density at radius 1 is 1.40 bits per heavy atom. The summed E-state index contributed by atoms with van der Waals surface area (Å²) in [5, 5.41) is 5.84. The molecule has 1 amide bonds. The van der Waals surface area contributed by atoms with Crippen LogP contribution in [0.15, 0.2) is 35.8 Å². The molecule has 0 saturated carbocycles. The number of carbonyl (C=O) groups is 1. The van der Waals surface area contributed by atoms with Crippen LogP contribution in [0.25, 0.3) is 10.6 Å². The second-order valence-corrected chi connectivity index (χ2v) is 5.52. The van der Waals surface area contributed by atoms with E-state index in [1.807, 2.05) is 29.6 Å². The van der Waals surface area contributed by atoms with Crippen LogP contribution >= 0.6 is 11.3 Å². The maximum absolute atomic E-state index is 12.0. The number of thiazole rings is 1. The highest BCUT2D eigenvalue weighted by Crippen LogP contribution is 2.23. The van der Waals surface area contributed by atoms with Crippen LogP contribution in [0.1, 0.15) is 19.8 Å². The molecule has 0 radical (unpaired) electrons. The number of benzene rings is 1. The van der Waals surface area contributed by atoms with Crippen molar-refractivity contribution in [2.45, 2.75) is 19.8 Å². The molecule has 0 aliphatic carbocycles. The number of anilines is 1. The lowest BCUT2D eigenvalue weighted by atomic mass is 10.0. The van der Waals surface area contributed by atoms with Gasteiger partial charge in [-0.25, -0.2) is 4.98 Å². The van der Waals surface area contributed by atoms with Gasteiger partial charge in [0.25, 0.3) is 0 Å². The van der Waals surface area contributed by atoms with Crippen LogP contribution in [0, 0.1) is 5.92 Å². The first-order chi connectivity index (χ1) is 9.74. The van der Waals surface area contributed by atoms with Crippen molar-refractivity contribution >= 4 is 22.9 Å². The van der Waals surface area contributed by atoms with Gasteiger partial charge < -0.3 is 11.1 Å². The molecule has 1 unspecified atom stereocenters. The van der Waals surface area contributed by atoms with Crippen LogP contribution in [0.2, 0.25) is 0 Å². The molecule has 0 aliphatic rings. The Balaban J connectivity index is 2.02. The highest BCUT2D eigenvalue weighted by atomic mass is 32.1. The summed E-state index contributed by atoms with van der Waals surface area (Å²) >= 11 is 1.60. The Labute approximate surface area is 123 Å². The van der Waals surface area contributed by atoms with Gasteiger partial charge in [0.1, 0.15) is 5.01 Å². The van der Waals surface area contributed by atoms with Crippen molar-refractivity contribution in [2.75, 3.05) is 11.9 Å². The van der Waals surface area contributed by atoms with Crippen molar-refractivity contribution in [3.63, 3.8) is 0 Å². The minimum absolute atomic E-state index is 0.00338. The molecule has 2 rings (SSSR count). The van der Waals surface area contributed by atoms with Gasteiger partial charge in [-0.1, -0.05) is 13.3 Å². The van der Waals surface area contributed by atoms with Gasteiger partial charge in [0, 0.05) is 29.4 Å². The molecule has 0 spiro atoms. The molecule has 0 saturated heterocycles. The van der Waals surface area contributed by atoms with Gasteiger partial charge in [-0.15, -0.1) is 11.3 Å². The Bertz CT molecular complexity index is 537. The zero-order chi connectivity index (χ0) is 14.4. The van der Waals surface area contributed by atoms with E-state index in [1.54, 1.807) is 17.5 Å². The van der Waals surface area contributed by atoms with Crippen molar-refractivity contribution < 1.29 is 4.79 Å². The number of nitrogens with two attached hydrogens (primary N) is 1. The van der Waals surface area contributed by atoms with E-state index in [9.17, 15) is 4.79 Å². The third-order valence-corrected chi connectivity index (χ3v) is 3.95. The predicted molar refractivity (Wildman–Crippen MR) is 83.6 cm³/mol. The fourth-order valence-electron chi connectivity index (χ4n) is 2.01. The first-order valence-electron chi connectivity index (χ1n) is 6.75. The summed E-state index contributed by atoms with van der Waals surface area (Å²) in [5.41, 5.74) is 7.49. The van der Waals surface area contributed by atoms with E-state index in [-0.39, 0.29) is 11.8 Å². The summed E-state index contributed by atoms with van der Waals surface area (Å²) in [7, 11) is 0. The lowest BCUT2D eigenvalue weighted by Crippen LogP contribution is -2.29. The number of hydrogen-bond acceptors (Lipinski definition) is 4. The smallest absolute Gasteiger partial charge is 0.228 e. The minimum Gasteiger partial charge on any atom is -0.330 e. The maximum Gasteiger partial charge on any atom is 0.228 e. The molecule has 1 atom stereocenters. The number of rotatable bonds is 6. The summed E-state index contributed by atoms with van der Waals surface area (Å²) in [5.74, 6) is -0.116. The summed E-state index contributed by atoms with van der Waals surface area (Å²) in [4.78, 5) is 16.3. The Hall–Kier alpha value is -1.72. The van der Waals surface area contributed by atoms with Crippen molar-refractivity contribution in [3.05, 3.63) is 35.8 Å². The number of nitrogens with zero attached hydrogens (tertiary/aromatic N) is 1. The van der Waals surface area contributed by atoms with E-state index in [4.69, 9.17) is 5.73 Å². The molecule has 3 N–H and O–H groups in total. The monoisotopic (exact) mass is 289 g/mol. The quantitative estimate of drug-likeness (QED) is 0.858. The molecule has 1 aromatic heterocycles. The highest BCUT2D eigenvalue weighted by Gasteiger charge is 2.15. The molecule has 20 heavy (non-hydrogen) atoms. The normalized spacial score (nSPS) is 12.1. The van der Waals surface area contributed by atoms with Crippen LogP contribution in [-0.4, -0.2) is 17.4 Å². The molecule has 5 heteroatoms. The standard InChI is InChI=1S/C15H19N3OS/c1-2-3-12(10-16)14(19)18-13-6-4-11(5-7-13)15-17-8-9-20-15/h4-9,12H,2-3,10,16H2,1H3,(H,18,19). The van der Waals surface area contributed by atoms with E-state index >= 15 is 0 Å². The van der Waals surface area contributed by atoms with Crippen molar-refractivity contribution in [2.24, 2.45) is 11.7 Å². The first-order valence-corrected chi connectivity index (χ1v) is 7.63. The SMILES string of the molecule is CCCC(CN)C(=O)Nc1ccc(-c2nccs2)cc1. The van der Waals surface area contributed by atoms with E-state index in [0.717, 1.165) is 29.1 Å². The van der Waals surface area contributed by atoms with E-state index in [1.165, 1.54) is 0 Å². The fourth-order valence-corrected chi connectivity index (χ4v) is 2.66. The third-order valence-electron chi connectivity index (χ3n) is 3.12. The fraction of sp³-hybridized carbons (Fsp3) is 0.333. The lowest BCUT2D eigenvalue weighted by molar-refractivity contribution is -0.119. The molecule has 106 valence electrons. The zero-order valence-corrected chi connectivity index (χ0v) is 12.3. The van der Waals surface area contributed by atoms with Crippen molar-refractivity contribution in [1.29, 1.82) is 0 Å². The minimum atomic E-state index is -0.112.